The number of carbonyl (C=O) groups excluding carboxylic acids is 3. The van der Waals surface area contributed by atoms with Gasteiger partial charge < -0.3 is 15.4 Å². The van der Waals surface area contributed by atoms with E-state index in [0.29, 0.717) is 17.2 Å². The molecule has 6 heteroatoms. The van der Waals surface area contributed by atoms with Crippen molar-refractivity contribution in [1.29, 1.82) is 0 Å². The van der Waals surface area contributed by atoms with Crippen LogP contribution in [0.4, 0.5) is 5.69 Å². The molecule has 2 aliphatic rings. The number of nitrogens with one attached hydrogen (secondary N) is 2. The minimum Gasteiger partial charge on any atom is -0.459 e. The first-order chi connectivity index (χ1) is 11.1. The van der Waals surface area contributed by atoms with Crippen LogP contribution in [0.15, 0.2) is 24.3 Å². The number of anilines is 1. The molecule has 3 rings (SSSR count). The number of hydrogen-bond acceptors (Lipinski definition) is 4. The fraction of sp³-hybridized carbons (Fsp3) is 0.471. The topological polar surface area (TPSA) is 84.5 Å². The van der Waals surface area contributed by atoms with Crippen LogP contribution in [0.2, 0.25) is 0 Å². The van der Waals surface area contributed by atoms with Crippen molar-refractivity contribution in [2.24, 2.45) is 5.92 Å². The van der Waals surface area contributed by atoms with Crippen LogP contribution in [0, 0.1) is 5.92 Å². The Morgan fingerprint density at radius 3 is 2.52 bits per heavy atom. The molecule has 0 heterocycles. The summed E-state index contributed by atoms with van der Waals surface area (Å²) in [7, 11) is 0. The zero-order chi connectivity index (χ0) is 16.4. The maximum absolute atomic E-state index is 12.6. The first kappa shape index (κ1) is 15.5. The van der Waals surface area contributed by atoms with Gasteiger partial charge in [-0.2, -0.15) is 0 Å². The van der Waals surface area contributed by atoms with Crippen molar-refractivity contribution >= 4 is 23.5 Å². The summed E-state index contributed by atoms with van der Waals surface area (Å²) < 4.78 is 4.66. The van der Waals surface area contributed by atoms with Crippen molar-refractivity contribution in [2.75, 3.05) is 11.9 Å². The number of para-hydroxylation sites is 1. The maximum atomic E-state index is 12.6. The first-order valence-electron chi connectivity index (χ1n) is 7.95. The molecule has 6 nitrogen and oxygen atoms in total. The van der Waals surface area contributed by atoms with Crippen LogP contribution in [0.3, 0.4) is 0 Å². The van der Waals surface area contributed by atoms with E-state index < -0.39 is 11.9 Å². The van der Waals surface area contributed by atoms with Crippen LogP contribution in [-0.4, -0.2) is 29.9 Å². The number of rotatable bonds is 5. The van der Waals surface area contributed by atoms with E-state index in [0.717, 1.165) is 12.8 Å². The van der Waals surface area contributed by atoms with Crippen molar-refractivity contribution in [3.8, 4) is 0 Å². The van der Waals surface area contributed by atoms with Gasteiger partial charge in [0.15, 0.2) is 0 Å². The molecule has 0 bridgehead atoms. The number of benzene rings is 1. The number of carbonyl (C=O) groups is 3. The van der Waals surface area contributed by atoms with Gasteiger partial charge in [-0.15, -0.1) is 0 Å². The molecule has 0 aliphatic heterocycles. The summed E-state index contributed by atoms with van der Waals surface area (Å²) in [6, 6.07) is 6.67. The van der Waals surface area contributed by atoms with Crippen molar-refractivity contribution in [1.82, 2.24) is 5.32 Å². The molecule has 2 aliphatic carbocycles. The highest BCUT2D eigenvalue weighted by Crippen LogP contribution is 2.53. The van der Waals surface area contributed by atoms with Gasteiger partial charge in [-0.1, -0.05) is 12.1 Å². The molecular weight excluding hydrogens is 296 g/mol. The van der Waals surface area contributed by atoms with E-state index in [9.17, 15) is 14.4 Å². The SMILES string of the molecule is CCOC(=O)C(=O)Nc1ccccc1C(=O)NC1(C2CC2)CC1. The monoisotopic (exact) mass is 316 g/mol. The second kappa shape index (κ2) is 6.02. The summed E-state index contributed by atoms with van der Waals surface area (Å²) in [6.07, 6.45) is 4.37. The van der Waals surface area contributed by atoms with Gasteiger partial charge in [0.2, 0.25) is 0 Å². The largest absolute Gasteiger partial charge is 0.459 e. The van der Waals surface area contributed by atoms with Crippen molar-refractivity contribution < 1.29 is 19.1 Å². The van der Waals surface area contributed by atoms with Crippen LogP contribution in [0.1, 0.15) is 43.0 Å². The van der Waals surface area contributed by atoms with Gasteiger partial charge in [0, 0.05) is 5.54 Å². The molecule has 1 aromatic carbocycles. The highest BCUT2D eigenvalue weighted by Gasteiger charge is 2.54. The van der Waals surface area contributed by atoms with Gasteiger partial charge in [-0.05, 0) is 50.7 Å². The van der Waals surface area contributed by atoms with Gasteiger partial charge in [0.25, 0.3) is 5.91 Å². The van der Waals surface area contributed by atoms with E-state index in [2.05, 4.69) is 15.4 Å². The summed E-state index contributed by atoms with van der Waals surface area (Å²) in [5.74, 6) is -1.46. The fourth-order valence-electron chi connectivity index (χ4n) is 2.86. The highest BCUT2D eigenvalue weighted by molar-refractivity contribution is 6.37. The molecule has 0 radical (unpaired) electrons. The average Bonchev–Trinajstić information content (AvgIpc) is 3.41. The van der Waals surface area contributed by atoms with Crippen LogP contribution in [0.25, 0.3) is 0 Å². The molecule has 2 saturated carbocycles. The van der Waals surface area contributed by atoms with Crippen molar-refractivity contribution in [3.63, 3.8) is 0 Å². The third-order valence-electron chi connectivity index (χ3n) is 4.39. The lowest BCUT2D eigenvalue weighted by Gasteiger charge is -2.18. The Bertz CT molecular complexity index is 648. The quantitative estimate of drug-likeness (QED) is 0.641. The predicted molar refractivity (Wildman–Crippen MR) is 83.9 cm³/mol. The van der Waals surface area contributed by atoms with Gasteiger partial charge in [-0.3, -0.25) is 9.59 Å². The Hall–Kier alpha value is -2.37. The van der Waals surface area contributed by atoms with E-state index in [-0.39, 0.29) is 18.1 Å². The second-order valence-electron chi connectivity index (χ2n) is 6.10. The second-order valence-corrected chi connectivity index (χ2v) is 6.10. The Morgan fingerprint density at radius 1 is 1.22 bits per heavy atom. The van der Waals surface area contributed by atoms with Crippen molar-refractivity contribution in [3.05, 3.63) is 29.8 Å². The Morgan fingerprint density at radius 2 is 1.91 bits per heavy atom. The smallest absolute Gasteiger partial charge is 0.397 e. The Balaban J connectivity index is 1.71. The van der Waals surface area contributed by atoms with Gasteiger partial charge >= 0.3 is 11.9 Å². The fourth-order valence-corrected chi connectivity index (χ4v) is 2.86. The van der Waals surface area contributed by atoms with E-state index in [1.165, 1.54) is 12.8 Å². The average molecular weight is 316 g/mol. The zero-order valence-corrected chi connectivity index (χ0v) is 13.1. The van der Waals surface area contributed by atoms with E-state index in [1.54, 1.807) is 31.2 Å². The van der Waals surface area contributed by atoms with E-state index in [4.69, 9.17) is 0 Å². The molecule has 0 spiro atoms. The first-order valence-corrected chi connectivity index (χ1v) is 7.95. The molecule has 122 valence electrons. The lowest BCUT2D eigenvalue weighted by atomic mass is 10.1. The minimum absolute atomic E-state index is 0.0463. The third kappa shape index (κ3) is 3.36. The van der Waals surface area contributed by atoms with Gasteiger partial charge in [0.1, 0.15) is 0 Å². The Kier molecular flexibility index (Phi) is 4.07. The molecule has 0 aromatic heterocycles. The normalized spacial score (nSPS) is 18.0. The standard InChI is InChI=1S/C17H20N2O4/c1-2-23-16(22)15(21)18-13-6-4-3-5-12(13)14(20)19-17(9-10-17)11-7-8-11/h3-6,11H,2,7-10H2,1H3,(H,18,21)(H,19,20). The summed E-state index contributed by atoms with van der Waals surface area (Å²) in [4.78, 5) is 35.8. The predicted octanol–water partition coefficient (Wildman–Crippen LogP) is 1.86. The molecule has 0 atom stereocenters. The van der Waals surface area contributed by atoms with E-state index >= 15 is 0 Å². The van der Waals surface area contributed by atoms with Crippen LogP contribution >= 0.6 is 0 Å². The summed E-state index contributed by atoms with van der Waals surface area (Å²) in [5, 5.41) is 5.56. The molecule has 0 saturated heterocycles. The maximum Gasteiger partial charge on any atom is 0.397 e. The molecule has 2 fully saturated rings. The summed E-state index contributed by atoms with van der Waals surface area (Å²) in [5.41, 5.74) is 0.627. The Labute approximate surface area is 134 Å². The van der Waals surface area contributed by atoms with E-state index in [1.807, 2.05) is 0 Å². The third-order valence-corrected chi connectivity index (χ3v) is 4.39. The van der Waals surface area contributed by atoms with Crippen LogP contribution < -0.4 is 10.6 Å². The molecule has 2 amide bonds. The van der Waals surface area contributed by atoms with Gasteiger partial charge in [0.05, 0.1) is 17.9 Å². The van der Waals surface area contributed by atoms with Crippen LogP contribution in [0.5, 0.6) is 0 Å². The summed E-state index contributed by atoms with van der Waals surface area (Å²) in [6.45, 7) is 1.75. The van der Waals surface area contributed by atoms with Crippen LogP contribution in [-0.2, 0) is 14.3 Å². The zero-order valence-electron chi connectivity index (χ0n) is 13.1. The number of hydrogen-bond donors (Lipinski definition) is 2. The molecule has 1 aromatic rings. The molecule has 23 heavy (non-hydrogen) atoms. The van der Waals surface area contributed by atoms with Gasteiger partial charge in [-0.25, -0.2) is 4.79 Å². The molecule has 2 N–H and O–H groups in total. The minimum atomic E-state index is -0.959. The lowest BCUT2D eigenvalue weighted by Crippen LogP contribution is -2.39. The number of amides is 2. The lowest BCUT2D eigenvalue weighted by molar-refractivity contribution is -0.152. The molecule has 0 unspecified atom stereocenters. The summed E-state index contributed by atoms with van der Waals surface area (Å²) >= 11 is 0. The van der Waals surface area contributed by atoms with Crippen molar-refractivity contribution in [2.45, 2.75) is 38.1 Å². The number of esters is 1. The number of ether oxygens (including phenoxy) is 1. The highest BCUT2D eigenvalue weighted by atomic mass is 16.5. The molecular formula is C17H20N2O4.